The highest BCUT2D eigenvalue weighted by atomic mass is 32.2. The summed E-state index contributed by atoms with van der Waals surface area (Å²) in [4.78, 5) is 0. The lowest BCUT2D eigenvalue weighted by Gasteiger charge is -2.26. The maximum atomic E-state index is 12.5. The van der Waals surface area contributed by atoms with Gasteiger partial charge in [0.2, 0.25) is 0 Å². The van der Waals surface area contributed by atoms with Crippen molar-refractivity contribution >= 4 is 10.0 Å². The van der Waals surface area contributed by atoms with Crippen molar-refractivity contribution in [3.8, 4) is 0 Å². The Morgan fingerprint density at radius 3 is 2.74 bits per heavy atom. The zero-order valence-electron chi connectivity index (χ0n) is 11.5. The number of aliphatic hydroxyl groups excluding tert-OH is 1. The van der Waals surface area contributed by atoms with Crippen LogP contribution in [0.5, 0.6) is 0 Å². The van der Waals surface area contributed by atoms with Crippen molar-refractivity contribution in [2.45, 2.75) is 38.8 Å². The largest absolute Gasteiger partial charge is 0.392 e. The van der Waals surface area contributed by atoms with E-state index in [4.69, 9.17) is 5.11 Å². The SMILES string of the molecule is CC(C)(C)C1CCN(S(=O)(=O)c2[nH]ncc2CO)C1. The Hall–Kier alpha value is -0.920. The van der Waals surface area contributed by atoms with Crippen LogP contribution in [0.1, 0.15) is 32.8 Å². The second-order valence-electron chi connectivity index (χ2n) is 6.10. The van der Waals surface area contributed by atoms with E-state index < -0.39 is 10.0 Å². The molecular weight excluding hydrogens is 266 g/mol. The molecule has 1 aliphatic rings. The number of hydrogen-bond donors (Lipinski definition) is 2. The van der Waals surface area contributed by atoms with Crippen molar-refractivity contribution in [1.29, 1.82) is 0 Å². The van der Waals surface area contributed by atoms with Gasteiger partial charge in [-0.25, -0.2) is 8.42 Å². The highest BCUT2D eigenvalue weighted by Crippen LogP contribution is 2.35. The third-order valence-corrected chi connectivity index (χ3v) is 5.70. The molecule has 2 rings (SSSR count). The van der Waals surface area contributed by atoms with Crippen molar-refractivity contribution in [2.24, 2.45) is 11.3 Å². The van der Waals surface area contributed by atoms with E-state index in [0.717, 1.165) is 6.42 Å². The molecule has 6 nitrogen and oxygen atoms in total. The van der Waals surface area contributed by atoms with Crippen LogP contribution in [0.2, 0.25) is 0 Å². The van der Waals surface area contributed by atoms with E-state index >= 15 is 0 Å². The van der Waals surface area contributed by atoms with Crippen molar-refractivity contribution in [2.75, 3.05) is 13.1 Å². The van der Waals surface area contributed by atoms with Crippen molar-refractivity contribution < 1.29 is 13.5 Å². The minimum absolute atomic E-state index is 0.0181. The van der Waals surface area contributed by atoms with Gasteiger partial charge >= 0.3 is 0 Å². The Morgan fingerprint density at radius 1 is 1.53 bits per heavy atom. The van der Waals surface area contributed by atoms with Gasteiger partial charge in [-0.3, -0.25) is 5.10 Å². The number of nitrogens with zero attached hydrogens (tertiary/aromatic N) is 2. The summed E-state index contributed by atoms with van der Waals surface area (Å²) < 4.78 is 26.5. The summed E-state index contributed by atoms with van der Waals surface area (Å²) in [5.41, 5.74) is 0.414. The molecule has 1 saturated heterocycles. The number of rotatable bonds is 3. The summed E-state index contributed by atoms with van der Waals surface area (Å²) in [7, 11) is -3.58. The fourth-order valence-corrected chi connectivity index (χ4v) is 4.01. The van der Waals surface area contributed by atoms with Crippen LogP contribution in [0.25, 0.3) is 0 Å². The number of aromatic amines is 1. The lowest BCUT2D eigenvalue weighted by molar-refractivity contribution is 0.251. The van der Waals surface area contributed by atoms with Crippen LogP contribution in [0.4, 0.5) is 0 Å². The predicted octanol–water partition coefficient (Wildman–Crippen LogP) is 0.959. The average molecular weight is 287 g/mol. The smallest absolute Gasteiger partial charge is 0.260 e. The summed E-state index contributed by atoms with van der Waals surface area (Å²) in [5, 5.41) is 15.4. The highest BCUT2D eigenvalue weighted by Gasteiger charge is 2.38. The Labute approximate surface area is 113 Å². The first-order valence-electron chi connectivity index (χ1n) is 6.40. The lowest BCUT2D eigenvalue weighted by Crippen LogP contribution is -2.32. The molecule has 108 valence electrons. The summed E-state index contributed by atoms with van der Waals surface area (Å²) in [6.07, 6.45) is 2.22. The average Bonchev–Trinajstić information content (AvgIpc) is 2.97. The van der Waals surface area contributed by atoms with E-state index in [0.29, 0.717) is 24.6 Å². The number of aromatic nitrogens is 2. The summed E-state index contributed by atoms with van der Waals surface area (Å²) in [6, 6.07) is 0. The predicted molar refractivity (Wildman–Crippen MR) is 70.8 cm³/mol. The van der Waals surface area contributed by atoms with Gasteiger partial charge in [0.25, 0.3) is 10.0 Å². The number of hydrogen-bond acceptors (Lipinski definition) is 4. The fourth-order valence-electron chi connectivity index (χ4n) is 2.42. The van der Waals surface area contributed by atoms with Gasteiger partial charge in [-0.05, 0) is 17.8 Å². The summed E-state index contributed by atoms with van der Waals surface area (Å²) in [5.74, 6) is 0.350. The van der Waals surface area contributed by atoms with Crippen LogP contribution in [-0.4, -0.2) is 41.1 Å². The lowest BCUT2D eigenvalue weighted by atomic mass is 9.80. The molecular formula is C12H21N3O3S. The van der Waals surface area contributed by atoms with Gasteiger partial charge in [0.1, 0.15) is 0 Å². The Morgan fingerprint density at radius 2 is 2.21 bits per heavy atom. The van der Waals surface area contributed by atoms with Crippen LogP contribution in [-0.2, 0) is 16.6 Å². The molecule has 1 aromatic rings. The Kier molecular flexibility index (Phi) is 3.72. The Balaban J connectivity index is 2.23. The highest BCUT2D eigenvalue weighted by molar-refractivity contribution is 7.89. The Bertz CT molecular complexity index is 545. The molecule has 1 atom stereocenters. The monoisotopic (exact) mass is 287 g/mol. The van der Waals surface area contributed by atoms with Gasteiger partial charge in [-0.15, -0.1) is 0 Å². The maximum absolute atomic E-state index is 12.5. The van der Waals surface area contributed by atoms with Crippen molar-refractivity contribution in [1.82, 2.24) is 14.5 Å². The van der Waals surface area contributed by atoms with Gasteiger partial charge in [0.05, 0.1) is 12.8 Å². The number of aliphatic hydroxyl groups is 1. The van der Waals surface area contributed by atoms with E-state index in [9.17, 15) is 8.42 Å². The molecule has 1 aromatic heterocycles. The molecule has 0 saturated carbocycles. The van der Waals surface area contributed by atoms with Gasteiger partial charge in [-0.1, -0.05) is 20.8 Å². The van der Waals surface area contributed by atoms with Crippen LogP contribution in [0.3, 0.4) is 0 Å². The molecule has 0 aliphatic carbocycles. The molecule has 0 radical (unpaired) electrons. The molecule has 2 heterocycles. The molecule has 2 N–H and O–H groups in total. The zero-order valence-corrected chi connectivity index (χ0v) is 12.4. The van der Waals surface area contributed by atoms with Crippen LogP contribution < -0.4 is 0 Å². The van der Waals surface area contributed by atoms with E-state index in [1.54, 1.807) is 0 Å². The maximum Gasteiger partial charge on any atom is 0.260 e. The minimum Gasteiger partial charge on any atom is -0.392 e. The number of sulfonamides is 1. The van der Waals surface area contributed by atoms with E-state index in [1.165, 1.54) is 10.5 Å². The van der Waals surface area contributed by atoms with Gasteiger partial charge in [-0.2, -0.15) is 9.40 Å². The van der Waals surface area contributed by atoms with Gasteiger partial charge < -0.3 is 5.11 Å². The van der Waals surface area contributed by atoms with E-state index in [2.05, 4.69) is 31.0 Å². The molecule has 1 unspecified atom stereocenters. The van der Waals surface area contributed by atoms with Crippen LogP contribution >= 0.6 is 0 Å². The molecule has 1 fully saturated rings. The van der Waals surface area contributed by atoms with Crippen LogP contribution in [0.15, 0.2) is 11.2 Å². The standard InChI is InChI=1S/C12H21N3O3S/c1-12(2,3)10-4-5-15(7-10)19(17,18)11-9(8-16)6-13-14-11/h6,10,16H,4-5,7-8H2,1-3H3,(H,13,14). The van der Waals surface area contributed by atoms with Gasteiger partial charge in [0, 0.05) is 18.7 Å². The van der Waals surface area contributed by atoms with E-state index in [-0.39, 0.29) is 17.0 Å². The second kappa shape index (κ2) is 4.88. The first-order chi connectivity index (χ1) is 8.76. The minimum atomic E-state index is -3.58. The second-order valence-corrected chi connectivity index (χ2v) is 7.97. The summed E-state index contributed by atoms with van der Waals surface area (Å²) >= 11 is 0. The molecule has 1 aliphatic heterocycles. The molecule has 0 spiro atoms. The fraction of sp³-hybridized carbons (Fsp3) is 0.750. The number of H-pyrrole nitrogens is 1. The van der Waals surface area contributed by atoms with Crippen molar-refractivity contribution in [3.05, 3.63) is 11.8 Å². The third kappa shape index (κ3) is 2.68. The summed E-state index contributed by atoms with van der Waals surface area (Å²) in [6.45, 7) is 7.10. The molecule has 0 aromatic carbocycles. The third-order valence-electron chi connectivity index (χ3n) is 3.82. The van der Waals surface area contributed by atoms with Gasteiger partial charge in [0.15, 0.2) is 5.03 Å². The van der Waals surface area contributed by atoms with Crippen LogP contribution in [0, 0.1) is 11.3 Å². The zero-order chi connectivity index (χ0) is 14.3. The van der Waals surface area contributed by atoms with Crippen molar-refractivity contribution in [3.63, 3.8) is 0 Å². The van der Waals surface area contributed by atoms with E-state index in [1.807, 2.05) is 0 Å². The molecule has 7 heteroatoms. The molecule has 0 amide bonds. The molecule has 0 bridgehead atoms. The normalized spacial score (nSPS) is 22.0. The number of nitrogens with one attached hydrogen (secondary N) is 1. The first-order valence-corrected chi connectivity index (χ1v) is 7.84. The quantitative estimate of drug-likeness (QED) is 0.867. The topological polar surface area (TPSA) is 86.3 Å². The molecule has 19 heavy (non-hydrogen) atoms. The first kappa shape index (κ1) is 14.5.